The van der Waals surface area contributed by atoms with Crippen molar-refractivity contribution >= 4 is 35.5 Å². The van der Waals surface area contributed by atoms with Crippen molar-refractivity contribution in [3.8, 4) is 28.7 Å². The number of nitrogens with one attached hydrogen (secondary N) is 1. The molecule has 3 heterocycles. The highest BCUT2D eigenvalue weighted by Gasteiger charge is 2.32. The molecule has 1 unspecified atom stereocenters. The zero-order chi connectivity index (χ0) is 35.1. The number of nitrogens with zero attached hydrogens (tertiary/aromatic N) is 2. The van der Waals surface area contributed by atoms with Crippen molar-refractivity contribution in [3.05, 3.63) is 58.4 Å². The van der Waals surface area contributed by atoms with Crippen molar-refractivity contribution in [2.24, 2.45) is 0 Å². The van der Waals surface area contributed by atoms with Crippen LogP contribution in [0.4, 0.5) is 0 Å². The number of benzene rings is 2. The molecular formula is C36H43N3O9S. The molecule has 2 aliphatic rings. The molecule has 5 rings (SSSR count). The number of aromatic nitrogens is 2. The number of rotatable bonds is 9. The Balaban J connectivity index is 1.57. The number of hydrogen-bond donors (Lipinski definition) is 3. The molecule has 0 saturated heterocycles. The molecule has 0 spiro atoms. The number of carbonyl (C=O) groups excluding carboxylic acids is 3. The number of ether oxygens (including phenoxy) is 4. The number of phenolic OH excluding ortho intramolecular Hbond substituents is 2. The van der Waals surface area contributed by atoms with Crippen LogP contribution in [0.5, 0.6) is 28.7 Å². The standard InChI is InChI=1S/C36H43N3O9S/c1-21-9-8-12-25(40)11-7-5-6-10-22-15-27(41)32(33(43)31(22)35(44)48-21)26(23-16-28(45-2)34(47-4)29(17-23)46-3)18-30(42)37-19-24-20-39-13-14-49-36(39)38-24/h6,10,15-17,20-21,26,41,43H,5,7-9,11-14,18-19H2,1-4H3,(H,37,42)/t21-,26?/m0/s1. The van der Waals surface area contributed by atoms with Gasteiger partial charge in [0.1, 0.15) is 22.8 Å². The normalized spacial score (nSPS) is 17.3. The summed E-state index contributed by atoms with van der Waals surface area (Å²) < 4.78 is 24.5. The highest BCUT2D eigenvalue weighted by atomic mass is 32.2. The average molecular weight is 694 g/mol. The van der Waals surface area contributed by atoms with Crippen LogP contribution in [0.3, 0.4) is 0 Å². The van der Waals surface area contributed by atoms with Crippen LogP contribution in [0.2, 0.25) is 0 Å². The third-order valence-electron chi connectivity index (χ3n) is 8.70. The van der Waals surface area contributed by atoms with Gasteiger partial charge in [0.2, 0.25) is 11.7 Å². The van der Waals surface area contributed by atoms with E-state index in [1.165, 1.54) is 27.4 Å². The molecule has 2 aliphatic heterocycles. The third-order valence-corrected chi connectivity index (χ3v) is 9.67. The molecule has 1 aromatic heterocycles. The first-order chi connectivity index (χ1) is 23.6. The molecule has 2 aromatic carbocycles. The van der Waals surface area contributed by atoms with E-state index in [0.717, 1.165) is 17.5 Å². The lowest BCUT2D eigenvalue weighted by molar-refractivity contribution is -0.121. The Morgan fingerprint density at radius 1 is 1.10 bits per heavy atom. The number of Topliss-reactive ketones (excluding diaryl/α,β-unsaturated/α-hetero) is 1. The van der Waals surface area contributed by atoms with Crippen LogP contribution in [-0.4, -0.2) is 70.6 Å². The average Bonchev–Trinajstić information content (AvgIpc) is 3.68. The number of allylic oxidation sites excluding steroid dienone is 1. The number of aryl methyl sites for hydroxylation is 1. The Hall–Kier alpha value is -4.65. The van der Waals surface area contributed by atoms with Gasteiger partial charge in [-0.15, -0.1) is 0 Å². The Bertz CT molecular complexity index is 1690. The number of amides is 1. The van der Waals surface area contributed by atoms with Crippen molar-refractivity contribution in [2.75, 3.05) is 27.1 Å². The molecule has 2 atom stereocenters. The van der Waals surface area contributed by atoms with Gasteiger partial charge in [-0.05, 0) is 61.9 Å². The maximum absolute atomic E-state index is 13.7. The fourth-order valence-corrected chi connectivity index (χ4v) is 7.16. The molecule has 13 heteroatoms. The summed E-state index contributed by atoms with van der Waals surface area (Å²) in [4.78, 5) is 44.1. The van der Waals surface area contributed by atoms with Gasteiger partial charge in [0.05, 0.1) is 39.7 Å². The van der Waals surface area contributed by atoms with Crippen LogP contribution in [0, 0.1) is 0 Å². The van der Waals surface area contributed by atoms with E-state index in [1.807, 2.05) is 10.8 Å². The quantitative estimate of drug-likeness (QED) is 0.235. The van der Waals surface area contributed by atoms with Crippen LogP contribution in [0.1, 0.15) is 90.5 Å². The zero-order valence-electron chi connectivity index (χ0n) is 28.2. The van der Waals surface area contributed by atoms with Gasteiger partial charge < -0.3 is 39.0 Å². The van der Waals surface area contributed by atoms with Gasteiger partial charge in [-0.3, -0.25) is 9.59 Å². The molecule has 49 heavy (non-hydrogen) atoms. The lowest BCUT2D eigenvalue weighted by Gasteiger charge is -2.24. The van der Waals surface area contributed by atoms with E-state index < -0.39 is 23.7 Å². The molecule has 262 valence electrons. The lowest BCUT2D eigenvalue weighted by atomic mass is 9.84. The van der Waals surface area contributed by atoms with Crippen molar-refractivity contribution < 1.29 is 43.5 Å². The first kappa shape index (κ1) is 35.7. The van der Waals surface area contributed by atoms with Crippen molar-refractivity contribution in [1.82, 2.24) is 14.9 Å². The Morgan fingerprint density at radius 2 is 1.84 bits per heavy atom. The molecule has 0 aliphatic carbocycles. The molecule has 3 N–H and O–H groups in total. The number of ketones is 1. The fourth-order valence-electron chi connectivity index (χ4n) is 6.20. The van der Waals surface area contributed by atoms with Gasteiger partial charge in [0.25, 0.3) is 0 Å². The number of thioether (sulfide) groups is 1. The number of carbonyl (C=O) groups is 3. The molecule has 0 bridgehead atoms. The van der Waals surface area contributed by atoms with Crippen molar-refractivity contribution in [3.63, 3.8) is 0 Å². The Morgan fingerprint density at radius 3 is 2.53 bits per heavy atom. The van der Waals surface area contributed by atoms with Crippen molar-refractivity contribution in [1.29, 1.82) is 0 Å². The van der Waals surface area contributed by atoms with Crippen LogP contribution >= 0.6 is 11.8 Å². The summed E-state index contributed by atoms with van der Waals surface area (Å²) >= 11 is 1.66. The summed E-state index contributed by atoms with van der Waals surface area (Å²) in [6, 6.07) is 4.67. The van der Waals surface area contributed by atoms with Gasteiger partial charge in [-0.2, -0.15) is 0 Å². The summed E-state index contributed by atoms with van der Waals surface area (Å²) in [5, 5.41) is 27.3. The first-order valence-electron chi connectivity index (χ1n) is 16.4. The molecule has 0 radical (unpaired) electrons. The minimum absolute atomic E-state index is 0.0368. The Labute approximate surface area is 289 Å². The first-order valence-corrected chi connectivity index (χ1v) is 17.4. The largest absolute Gasteiger partial charge is 0.507 e. The number of hydrogen-bond acceptors (Lipinski definition) is 11. The van der Waals surface area contributed by atoms with Gasteiger partial charge >= 0.3 is 5.97 Å². The highest BCUT2D eigenvalue weighted by Crippen LogP contribution is 2.47. The second-order valence-electron chi connectivity index (χ2n) is 12.1. The summed E-state index contributed by atoms with van der Waals surface area (Å²) in [6.45, 7) is 2.78. The van der Waals surface area contributed by atoms with E-state index in [2.05, 4.69) is 10.3 Å². The number of phenols is 2. The van der Waals surface area contributed by atoms with Crippen molar-refractivity contribution in [2.45, 2.75) is 82.1 Å². The van der Waals surface area contributed by atoms with Crippen LogP contribution in [0.15, 0.2) is 35.6 Å². The number of imidazole rings is 1. The third kappa shape index (κ3) is 8.33. The maximum Gasteiger partial charge on any atom is 0.342 e. The zero-order valence-corrected chi connectivity index (χ0v) is 29.1. The summed E-state index contributed by atoms with van der Waals surface area (Å²) in [7, 11) is 4.39. The second kappa shape index (κ2) is 16.2. The smallest absolute Gasteiger partial charge is 0.342 e. The molecule has 3 aromatic rings. The SMILES string of the molecule is COc1cc(C(CC(=O)NCc2cn3c(n2)SCC3)c2c(O)cc3c(c2O)C(=O)O[C@@H](C)CCCC(=O)CCCC=C3)cc(OC)c1OC. The van der Waals surface area contributed by atoms with E-state index in [0.29, 0.717) is 67.0 Å². The van der Waals surface area contributed by atoms with Gasteiger partial charge in [-0.1, -0.05) is 23.9 Å². The molecule has 1 amide bonds. The van der Waals surface area contributed by atoms with E-state index in [-0.39, 0.29) is 47.1 Å². The Kier molecular flexibility index (Phi) is 11.8. The number of fused-ring (bicyclic) bond motifs is 2. The van der Waals surface area contributed by atoms with Crippen LogP contribution in [0.25, 0.3) is 6.08 Å². The monoisotopic (exact) mass is 693 g/mol. The number of methoxy groups -OCH3 is 3. The summed E-state index contributed by atoms with van der Waals surface area (Å²) in [5.74, 6) is -0.920. The molecule has 0 fully saturated rings. The van der Waals surface area contributed by atoms with E-state index in [9.17, 15) is 24.6 Å². The molecule has 0 saturated carbocycles. The molecule has 12 nitrogen and oxygen atoms in total. The minimum atomic E-state index is -0.977. The summed E-state index contributed by atoms with van der Waals surface area (Å²) in [6.07, 6.45) is 7.67. The minimum Gasteiger partial charge on any atom is -0.507 e. The van der Waals surface area contributed by atoms with Gasteiger partial charge in [0.15, 0.2) is 16.7 Å². The topological polar surface area (TPSA) is 158 Å². The van der Waals surface area contributed by atoms with Gasteiger partial charge in [-0.25, -0.2) is 9.78 Å². The van der Waals surface area contributed by atoms with E-state index in [4.69, 9.17) is 18.9 Å². The predicted molar refractivity (Wildman–Crippen MR) is 184 cm³/mol. The van der Waals surface area contributed by atoms with E-state index >= 15 is 0 Å². The predicted octanol–water partition coefficient (Wildman–Crippen LogP) is 5.75. The number of cyclic esters (lactones) is 1. The number of aromatic hydroxyl groups is 2. The molecular weight excluding hydrogens is 650 g/mol. The maximum atomic E-state index is 13.7. The lowest BCUT2D eigenvalue weighted by Crippen LogP contribution is -2.25. The fraction of sp³-hybridized carbons (Fsp3) is 0.444. The number of esters is 1. The summed E-state index contributed by atoms with van der Waals surface area (Å²) in [5.41, 5.74) is 1.25. The van der Waals surface area contributed by atoms with Crippen LogP contribution < -0.4 is 19.5 Å². The van der Waals surface area contributed by atoms with Gasteiger partial charge in [0, 0.05) is 49.2 Å². The van der Waals surface area contributed by atoms with Crippen LogP contribution in [-0.2, 0) is 27.4 Å². The van der Waals surface area contributed by atoms with E-state index in [1.54, 1.807) is 43.0 Å². The highest BCUT2D eigenvalue weighted by molar-refractivity contribution is 7.99. The second-order valence-corrected chi connectivity index (χ2v) is 13.2.